The number of aromatic nitrogens is 1. The molecule has 1 amide bonds. The van der Waals surface area contributed by atoms with Crippen LogP contribution in [0.3, 0.4) is 0 Å². The van der Waals surface area contributed by atoms with Crippen LogP contribution >= 0.6 is 0 Å². The minimum atomic E-state index is -0.466. The molecule has 3 rings (SSSR count). The third-order valence-corrected chi connectivity index (χ3v) is 4.08. The van der Waals surface area contributed by atoms with Crippen LogP contribution in [0.1, 0.15) is 5.56 Å². The molecular weight excluding hydrogens is 320 g/mol. The van der Waals surface area contributed by atoms with Gasteiger partial charge in [0.2, 0.25) is 5.91 Å². The van der Waals surface area contributed by atoms with Gasteiger partial charge in [0.15, 0.2) is 0 Å². The Morgan fingerprint density at radius 2 is 1.80 bits per heavy atom. The third-order valence-electron chi connectivity index (χ3n) is 4.08. The lowest BCUT2D eigenvalue weighted by Crippen LogP contribution is -2.48. The number of pyridine rings is 1. The number of amides is 1. The maximum atomic E-state index is 12.3. The van der Waals surface area contributed by atoms with Gasteiger partial charge < -0.3 is 9.80 Å². The molecule has 0 aliphatic carbocycles. The van der Waals surface area contributed by atoms with Gasteiger partial charge in [-0.1, -0.05) is 30.3 Å². The second kappa shape index (κ2) is 7.57. The number of nitrogens with zero attached hydrogens (tertiary/aromatic N) is 4. The van der Waals surface area contributed by atoms with Crippen LogP contribution in [0.5, 0.6) is 0 Å². The standard InChI is InChI=1S/C18H18N4O3/c23-18(9-6-15-4-2-1-3-5-15)21-12-10-20(11-13-21)17-8-7-16(14-19-17)22(24)25/h1-9,14H,10-13H2/b9-6+. The van der Waals surface area contributed by atoms with Crippen LogP contribution in [0, 0.1) is 10.1 Å². The number of carbonyl (C=O) groups is 1. The van der Waals surface area contributed by atoms with Crippen molar-refractivity contribution in [2.24, 2.45) is 0 Å². The zero-order valence-corrected chi connectivity index (χ0v) is 13.6. The van der Waals surface area contributed by atoms with Crippen molar-refractivity contribution in [3.8, 4) is 0 Å². The van der Waals surface area contributed by atoms with Crippen molar-refractivity contribution in [3.05, 3.63) is 70.4 Å². The highest BCUT2D eigenvalue weighted by Gasteiger charge is 2.21. The van der Waals surface area contributed by atoms with E-state index in [2.05, 4.69) is 4.98 Å². The SMILES string of the molecule is O=C(/C=C/c1ccccc1)N1CCN(c2ccc([N+](=O)[O-])cn2)CC1. The zero-order valence-electron chi connectivity index (χ0n) is 13.6. The van der Waals surface area contributed by atoms with Crippen molar-refractivity contribution in [2.45, 2.75) is 0 Å². The molecule has 0 bridgehead atoms. The van der Waals surface area contributed by atoms with Crippen molar-refractivity contribution in [3.63, 3.8) is 0 Å². The van der Waals surface area contributed by atoms with Gasteiger partial charge >= 0.3 is 0 Å². The predicted octanol–water partition coefficient (Wildman–Crippen LogP) is 2.35. The average Bonchev–Trinajstić information content (AvgIpc) is 2.67. The molecule has 0 atom stereocenters. The maximum Gasteiger partial charge on any atom is 0.287 e. The van der Waals surface area contributed by atoms with E-state index in [0.717, 1.165) is 5.56 Å². The van der Waals surface area contributed by atoms with Crippen LogP contribution in [0.2, 0.25) is 0 Å². The Morgan fingerprint density at radius 1 is 1.08 bits per heavy atom. The van der Waals surface area contributed by atoms with Gasteiger partial charge in [-0.2, -0.15) is 0 Å². The summed E-state index contributed by atoms with van der Waals surface area (Å²) < 4.78 is 0. The van der Waals surface area contributed by atoms with Crippen LogP contribution in [-0.2, 0) is 4.79 Å². The Labute approximate surface area is 145 Å². The van der Waals surface area contributed by atoms with Crippen LogP contribution in [0.25, 0.3) is 6.08 Å². The summed E-state index contributed by atoms with van der Waals surface area (Å²) in [7, 11) is 0. The number of carbonyl (C=O) groups excluding carboxylic acids is 1. The van der Waals surface area contributed by atoms with Crippen molar-refractivity contribution in [1.82, 2.24) is 9.88 Å². The third kappa shape index (κ3) is 4.20. The molecule has 7 nitrogen and oxygen atoms in total. The molecule has 0 N–H and O–H groups in total. The van der Waals surface area contributed by atoms with Crippen molar-refractivity contribution in [2.75, 3.05) is 31.1 Å². The number of benzene rings is 1. The summed E-state index contributed by atoms with van der Waals surface area (Å²) in [5, 5.41) is 10.7. The largest absolute Gasteiger partial charge is 0.353 e. The molecule has 1 aromatic heterocycles. The molecule has 25 heavy (non-hydrogen) atoms. The second-order valence-electron chi connectivity index (χ2n) is 5.69. The van der Waals surface area contributed by atoms with E-state index >= 15 is 0 Å². The van der Waals surface area contributed by atoms with Gasteiger partial charge in [-0.15, -0.1) is 0 Å². The van der Waals surface area contributed by atoms with Crippen molar-refractivity contribution in [1.29, 1.82) is 0 Å². The Hall–Kier alpha value is -3.22. The van der Waals surface area contributed by atoms with Gasteiger partial charge in [-0.3, -0.25) is 14.9 Å². The van der Waals surface area contributed by atoms with E-state index in [4.69, 9.17) is 0 Å². The fraction of sp³-hybridized carbons (Fsp3) is 0.222. The van der Waals surface area contributed by atoms with Crippen molar-refractivity contribution >= 4 is 23.5 Å². The lowest BCUT2D eigenvalue weighted by molar-refractivity contribution is -0.385. The first-order valence-corrected chi connectivity index (χ1v) is 8.01. The van der Waals surface area contributed by atoms with Crippen LogP contribution in [-0.4, -0.2) is 46.9 Å². The summed E-state index contributed by atoms with van der Waals surface area (Å²) >= 11 is 0. The summed E-state index contributed by atoms with van der Waals surface area (Å²) in [6.45, 7) is 2.48. The number of hydrogen-bond acceptors (Lipinski definition) is 5. The predicted molar refractivity (Wildman–Crippen MR) is 95.2 cm³/mol. The van der Waals surface area contributed by atoms with Gasteiger partial charge in [0.05, 0.1) is 4.92 Å². The number of hydrogen-bond donors (Lipinski definition) is 0. The van der Waals surface area contributed by atoms with Gasteiger partial charge in [0.1, 0.15) is 12.0 Å². The fourth-order valence-corrected chi connectivity index (χ4v) is 2.67. The average molecular weight is 338 g/mol. The van der Waals surface area contributed by atoms with E-state index < -0.39 is 4.92 Å². The van der Waals surface area contributed by atoms with Crippen LogP contribution < -0.4 is 4.90 Å². The molecule has 1 aromatic carbocycles. The highest BCUT2D eigenvalue weighted by Crippen LogP contribution is 2.17. The van der Waals surface area contributed by atoms with Gasteiger partial charge in [-0.25, -0.2) is 4.98 Å². The summed E-state index contributed by atoms with van der Waals surface area (Å²) in [4.78, 5) is 30.4. The molecule has 1 aliphatic rings. The number of anilines is 1. The first-order chi connectivity index (χ1) is 12.1. The van der Waals surface area contributed by atoms with E-state index in [0.29, 0.717) is 32.0 Å². The molecule has 0 unspecified atom stereocenters. The minimum absolute atomic E-state index is 0.0137. The lowest BCUT2D eigenvalue weighted by atomic mass is 10.2. The normalized spacial score (nSPS) is 14.7. The molecule has 2 aromatic rings. The lowest BCUT2D eigenvalue weighted by Gasteiger charge is -2.34. The molecule has 0 saturated carbocycles. The number of piperazine rings is 1. The quantitative estimate of drug-likeness (QED) is 0.486. The molecule has 1 saturated heterocycles. The maximum absolute atomic E-state index is 12.3. The Kier molecular flexibility index (Phi) is 5.03. The summed E-state index contributed by atoms with van der Waals surface area (Å²) in [6.07, 6.45) is 4.66. The van der Waals surface area contributed by atoms with E-state index in [1.54, 1.807) is 17.0 Å². The Morgan fingerprint density at radius 3 is 2.40 bits per heavy atom. The topological polar surface area (TPSA) is 79.6 Å². The Bertz CT molecular complexity index is 767. The highest BCUT2D eigenvalue weighted by atomic mass is 16.6. The van der Waals surface area contributed by atoms with E-state index in [-0.39, 0.29) is 11.6 Å². The monoisotopic (exact) mass is 338 g/mol. The van der Waals surface area contributed by atoms with Crippen molar-refractivity contribution < 1.29 is 9.72 Å². The molecule has 128 valence electrons. The minimum Gasteiger partial charge on any atom is -0.353 e. The van der Waals surface area contributed by atoms with E-state index in [9.17, 15) is 14.9 Å². The van der Waals surface area contributed by atoms with E-state index in [1.165, 1.54) is 12.3 Å². The molecule has 7 heteroatoms. The smallest absolute Gasteiger partial charge is 0.287 e. The molecule has 0 radical (unpaired) electrons. The first-order valence-electron chi connectivity index (χ1n) is 8.01. The molecule has 1 aliphatic heterocycles. The Balaban J connectivity index is 1.55. The summed E-state index contributed by atoms with van der Waals surface area (Å²) in [6, 6.07) is 12.8. The molecule has 0 spiro atoms. The summed E-state index contributed by atoms with van der Waals surface area (Å²) in [5.41, 5.74) is 0.966. The molecule has 1 fully saturated rings. The highest BCUT2D eigenvalue weighted by molar-refractivity contribution is 5.91. The zero-order chi connectivity index (χ0) is 17.6. The fourth-order valence-electron chi connectivity index (χ4n) is 2.67. The summed E-state index contributed by atoms with van der Waals surface area (Å²) in [5.74, 6) is 0.678. The van der Waals surface area contributed by atoms with E-state index in [1.807, 2.05) is 41.3 Å². The van der Waals surface area contributed by atoms with Crippen LogP contribution in [0.4, 0.5) is 11.5 Å². The van der Waals surface area contributed by atoms with Gasteiger partial charge in [0.25, 0.3) is 5.69 Å². The second-order valence-corrected chi connectivity index (χ2v) is 5.69. The van der Waals surface area contributed by atoms with Gasteiger partial charge in [0, 0.05) is 38.3 Å². The molecule has 2 heterocycles. The first kappa shape index (κ1) is 16.6. The van der Waals surface area contributed by atoms with Gasteiger partial charge in [-0.05, 0) is 17.7 Å². The molecular formula is C18H18N4O3. The number of rotatable bonds is 4. The van der Waals surface area contributed by atoms with Crippen LogP contribution in [0.15, 0.2) is 54.7 Å². The number of nitro groups is 1.